The highest BCUT2D eigenvalue weighted by Gasteiger charge is 2.22. The molecule has 114 valence electrons. The fraction of sp³-hybridized carbons (Fsp3) is 0.154. The Morgan fingerprint density at radius 1 is 1.23 bits per heavy atom. The van der Waals surface area contributed by atoms with Gasteiger partial charge in [-0.15, -0.1) is 16.7 Å². The van der Waals surface area contributed by atoms with Gasteiger partial charge < -0.3 is 0 Å². The molecule has 3 aromatic rings. The van der Waals surface area contributed by atoms with Crippen LogP contribution < -0.4 is 5.56 Å². The molecule has 0 spiro atoms. The molecule has 0 bridgehead atoms. The highest BCUT2D eigenvalue weighted by molar-refractivity contribution is 7.92. The molecule has 0 amide bonds. The Kier molecular flexibility index (Phi) is 3.98. The standard InChI is InChI=1S/C13H10ClN3O3S2/c14-7-10-6-11(18)17-12(15-10)21-13(16-17)22(19,20)8-9-4-2-1-3-5-9/h1-6H,7-8H2. The third-order valence-electron chi connectivity index (χ3n) is 2.88. The number of benzene rings is 1. The average molecular weight is 356 g/mol. The number of nitrogens with zero attached hydrogens (tertiary/aromatic N) is 3. The minimum Gasteiger partial charge on any atom is -0.267 e. The van der Waals surface area contributed by atoms with Crippen molar-refractivity contribution in [3.05, 3.63) is 58.0 Å². The van der Waals surface area contributed by atoms with Gasteiger partial charge in [0.1, 0.15) is 0 Å². The second-order valence-corrected chi connectivity index (χ2v) is 7.91. The topological polar surface area (TPSA) is 81.4 Å². The monoisotopic (exact) mass is 355 g/mol. The molecule has 1 aromatic carbocycles. The molecular weight excluding hydrogens is 346 g/mol. The average Bonchev–Trinajstić information content (AvgIpc) is 2.93. The lowest BCUT2D eigenvalue weighted by Crippen LogP contribution is -2.15. The molecule has 0 N–H and O–H groups in total. The van der Waals surface area contributed by atoms with E-state index in [4.69, 9.17) is 11.6 Å². The molecule has 0 aliphatic carbocycles. The maximum Gasteiger partial charge on any atom is 0.275 e. The van der Waals surface area contributed by atoms with E-state index in [0.717, 1.165) is 15.9 Å². The molecule has 2 heterocycles. The lowest BCUT2D eigenvalue weighted by molar-refractivity contribution is 0.592. The molecule has 0 saturated heterocycles. The lowest BCUT2D eigenvalue weighted by Gasteiger charge is -1.99. The first-order valence-electron chi connectivity index (χ1n) is 6.22. The van der Waals surface area contributed by atoms with E-state index in [1.807, 2.05) is 6.07 Å². The minimum atomic E-state index is -3.64. The number of rotatable bonds is 4. The van der Waals surface area contributed by atoms with Crippen LogP contribution in [-0.4, -0.2) is 23.0 Å². The van der Waals surface area contributed by atoms with E-state index >= 15 is 0 Å². The Morgan fingerprint density at radius 3 is 2.64 bits per heavy atom. The van der Waals surface area contributed by atoms with Gasteiger partial charge in [0.05, 0.1) is 17.3 Å². The van der Waals surface area contributed by atoms with Crippen LogP contribution in [0.25, 0.3) is 4.96 Å². The molecule has 0 atom stereocenters. The van der Waals surface area contributed by atoms with Gasteiger partial charge in [0, 0.05) is 6.07 Å². The SMILES string of the molecule is O=c1cc(CCl)nc2sc(S(=O)(=O)Cc3ccccc3)nn12. The Hall–Kier alpha value is -1.77. The van der Waals surface area contributed by atoms with Crippen molar-refractivity contribution in [2.45, 2.75) is 16.0 Å². The van der Waals surface area contributed by atoms with Gasteiger partial charge in [0.15, 0.2) is 0 Å². The zero-order chi connectivity index (χ0) is 15.7. The number of alkyl halides is 1. The predicted molar refractivity (Wildman–Crippen MR) is 84.0 cm³/mol. The van der Waals surface area contributed by atoms with E-state index < -0.39 is 15.4 Å². The summed E-state index contributed by atoms with van der Waals surface area (Å²) in [6.45, 7) is 0. The van der Waals surface area contributed by atoms with Crippen molar-refractivity contribution < 1.29 is 8.42 Å². The summed E-state index contributed by atoms with van der Waals surface area (Å²) in [4.78, 5) is 16.2. The third kappa shape index (κ3) is 2.90. The maximum absolute atomic E-state index is 12.4. The molecule has 0 aliphatic heterocycles. The minimum absolute atomic E-state index is 0.0791. The number of halogens is 1. The second kappa shape index (κ2) is 5.79. The van der Waals surface area contributed by atoms with Gasteiger partial charge in [0.25, 0.3) is 5.56 Å². The number of hydrogen-bond acceptors (Lipinski definition) is 6. The van der Waals surface area contributed by atoms with Crippen LogP contribution in [0.5, 0.6) is 0 Å². The van der Waals surface area contributed by atoms with E-state index in [9.17, 15) is 13.2 Å². The molecule has 2 aromatic heterocycles. The number of aromatic nitrogens is 3. The molecule has 6 nitrogen and oxygen atoms in total. The van der Waals surface area contributed by atoms with Crippen molar-refractivity contribution in [2.24, 2.45) is 0 Å². The van der Waals surface area contributed by atoms with Crippen LogP contribution in [0.15, 0.2) is 45.5 Å². The quantitative estimate of drug-likeness (QED) is 0.667. The van der Waals surface area contributed by atoms with Crippen molar-refractivity contribution in [3.8, 4) is 0 Å². The van der Waals surface area contributed by atoms with E-state index in [1.165, 1.54) is 6.07 Å². The summed E-state index contributed by atoms with van der Waals surface area (Å²) < 4.78 is 25.7. The Balaban J connectivity index is 2.06. The van der Waals surface area contributed by atoms with Gasteiger partial charge in [0.2, 0.25) is 19.1 Å². The lowest BCUT2D eigenvalue weighted by atomic mass is 10.2. The van der Waals surface area contributed by atoms with Gasteiger partial charge in [-0.2, -0.15) is 4.52 Å². The summed E-state index contributed by atoms with van der Waals surface area (Å²) in [7, 11) is -3.64. The van der Waals surface area contributed by atoms with E-state index in [-0.39, 0.29) is 20.9 Å². The maximum atomic E-state index is 12.4. The summed E-state index contributed by atoms with van der Waals surface area (Å²) in [5.41, 5.74) is 0.601. The largest absolute Gasteiger partial charge is 0.275 e. The molecule has 0 aliphatic rings. The summed E-state index contributed by atoms with van der Waals surface area (Å²) >= 11 is 6.52. The van der Waals surface area contributed by atoms with Crippen LogP contribution in [-0.2, 0) is 21.5 Å². The molecular formula is C13H10ClN3O3S2. The number of hydrogen-bond donors (Lipinski definition) is 0. The van der Waals surface area contributed by atoms with Gasteiger partial charge in [-0.25, -0.2) is 13.4 Å². The fourth-order valence-corrected chi connectivity index (χ4v) is 4.55. The summed E-state index contributed by atoms with van der Waals surface area (Å²) in [6, 6.07) is 10.0. The van der Waals surface area contributed by atoms with Gasteiger partial charge in [-0.1, -0.05) is 41.7 Å². The Morgan fingerprint density at radius 2 is 1.95 bits per heavy atom. The Bertz CT molecular complexity index is 981. The molecule has 0 unspecified atom stereocenters. The first-order chi connectivity index (χ1) is 10.5. The van der Waals surface area contributed by atoms with Crippen molar-refractivity contribution in [2.75, 3.05) is 0 Å². The molecule has 0 radical (unpaired) electrons. The second-order valence-electron chi connectivity index (χ2n) is 4.53. The van der Waals surface area contributed by atoms with Gasteiger partial charge >= 0.3 is 0 Å². The fourth-order valence-electron chi connectivity index (χ4n) is 1.89. The Labute approximate surface area is 134 Å². The zero-order valence-corrected chi connectivity index (χ0v) is 13.5. The van der Waals surface area contributed by atoms with Gasteiger partial charge in [-0.05, 0) is 5.56 Å². The third-order valence-corrected chi connectivity index (χ3v) is 6.20. The van der Waals surface area contributed by atoms with Crippen LogP contribution in [0, 0.1) is 0 Å². The normalized spacial score (nSPS) is 11.9. The summed E-state index contributed by atoms with van der Waals surface area (Å²) in [5, 5.41) is 3.88. The molecule has 22 heavy (non-hydrogen) atoms. The van der Waals surface area contributed by atoms with Crippen LogP contribution in [0.3, 0.4) is 0 Å². The van der Waals surface area contributed by atoms with Crippen molar-refractivity contribution in [1.82, 2.24) is 14.6 Å². The molecule has 0 fully saturated rings. The van der Waals surface area contributed by atoms with Crippen LogP contribution in [0.4, 0.5) is 0 Å². The highest BCUT2D eigenvalue weighted by Crippen LogP contribution is 2.21. The van der Waals surface area contributed by atoms with Crippen LogP contribution in [0.1, 0.15) is 11.3 Å². The first-order valence-corrected chi connectivity index (χ1v) is 9.22. The highest BCUT2D eigenvalue weighted by atomic mass is 35.5. The first kappa shape index (κ1) is 15.1. The molecule has 0 saturated carbocycles. The van der Waals surface area contributed by atoms with Crippen LogP contribution >= 0.6 is 22.9 Å². The number of sulfone groups is 1. The molecule has 3 rings (SSSR count). The van der Waals surface area contributed by atoms with Crippen molar-refractivity contribution >= 4 is 37.7 Å². The van der Waals surface area contributed by atoms with E-state index in [1.54, 1.807) is 24.3 Å². The van der Waals surface area contributed by atoms with Crippen LogP contribution in [0.2, 0.25) is 0 Å². The van der Waals surface area contributed by atoms with Crippen molar-refractivity contribution in [1.29, 1.82) is 0 Å². The van der Waals surface area contributed by atoms with Gasteiger partial charge in [-0.3, -0.25) is 4.79 Å². The van der Waals surface area contributed by atoms with E-state index in [0.29, 0.717) is 11.3 Å². The molecule has 9 heteroatoms. The summed E-state index contributed by atoms with van der Waals surface area (Å²) in [5.74, 6) is -0.0967. The zero-order valence-electron chi connectivity index (χ0n) is 11.1. The van der Waals surface area contributed by atoms with Crippen molar-refractivity contribution in [3.63, 3.8) is 0 Å². The summed E-state index contributed by atoms with van der Waals surface area (Å²) in [6.07, 6.45) is 0. The number of fused-ring (bicyclic) bond motifs is 1. The van der Waals surface area contributed by atoms with E-state index in [2.05, 4.69) is 10.1 Å². The smallest absolute Gasteiger partial charge is 0.267 e. The predicted octanol–water partition coefficient (Wildman–Crippen LogP) is 1.86.